The van der Waals surface area contributed by atoms with Gasteiger partial charge in [-0.3, -0.25) is 4.79 Å². The van der Waals surface area contributed by atoms with Crippen LogP contribution in [0.5, 0.6) is 5.75 Å². The van der Waals surface area contributed by atoms with E-state index >= 15 is 0 Å². The summed E-state index contributed by atoms with van der Waals surface area (Å²) < 4.78 is 16.1. The first-order valence-corrected chi connectivity index (χ1v) is 7.79. The minimum absolute atomic E-state index is 0.0375. The van der Waals surface area contributed by atoms with E-state index in [-0.39, 0.29) is 17.9 Å². The van der Waals surface area contributed by atoms with Crippen LogP contribution >= 0.6 is 0 Å². The average Bonchev–Trinajstić information content (AvgIpc) is 2.63. The topological polar surface area (TPSA) is 48.0 Å². The van der Waals surface area contributed by atoms with Crippen molar-refractivity contribution in [3.8, 4) is 5.75 Å². The van der Waals surface area contributed by atoms with Crippen LogP contribution in [0, 0.1) is 0 Å². The fraction of sp³-hybridized carbons (Fsp3) is 0.316. The minimum Gasteiger partial charge on any atom is -0.497 e. The molecule has 0 radical (unpaired) electrons. The number of nitrogens with zero attached hydrogens (tertiary/aromatic N) is 1. The van der Waals surface area contributed by atoms with E-state index < -0.39 is 6.29 Å². The zero-order valence-electron chi connectivity index (χ0n) is 14.0. The second-order valence-electron chi connectivity index (χ2n) is 5.63. The molecule has 24 heavy (non-hydrogen) atoms. The molecule has 2 aromatic carbocycles. The zero-order chi connectivity index (χ0) is 17.1. The summed E-state index contributed by atoms with van der Waals surface area (Å²) >= 11 is 0. The second kappa shape index (κ2) is 7.03. The number of ether oxygens (including phenoxy) is 3. The van der Waals surface area contributed by atoms with E-state index in [1.165, 1.54) is 0 Å². The predicted molar refractivity (Wildman–Crippen MR) is 91.3 cm³/mol. The maximum atomic E-state index is 12.8. The normalized spacial score (nSPS) is 20.2. The smallest absolute Gasteiger partial charge is 0.237 e. The van der Waals surface area contributed by atoms with E-state index in [9.17, 15) is 4.79 Å². The Kier molecular flexibility index (Phi) is 4.83. The van der Waals surface area contributed by atoms with Crippen LogP contribution in [-0.2, 0) is 14.3 Å². The lowest BCUT2D eigenvalue weighted by Gasteiger charge is -2.49. The largest absolute Gasteiger partial charge is 0.497 e. The molecule has 3 rings (SSSR count). The molecule has 2 unspecified atom stereocenters. The van der Waals surface area contributed by atoms with Crippen LogP contribution in [0.3, 0.4) is 0 Å². The fourth-order valence-electron chi connectivity index (χ4n) is 3.21. The Hall–Kier alpha value is -2.37. The van der Waals surface area contributed by atoms with Gasteiger partial charge in [-0.05, 0) is 29.8 Å². The predicted octanol–water partition coefficient (Wildman–Crippen LogP) is 2.81. The Bertz CT molecular complexity index is 682. The number of methoxy groups -OCH3 is 3. The Morgan fingerprint density at radius 1 is 0.917 bits per heavy atom. The number of rotatable bonds is 6. The van der Waals surface area contributed by atoms with Gasteiger partial charge in [0.2, 0.25) is 5.91 Å². The Morgan fingerprint density at radius 3 is 2.08 bits per heavy atom. The highest BCUT2D eigenvalue weighted by molar-refractivity contribution is 6.06. The fourth-order valence-corrected chi connectivity index (χ4v) is 3.21. The van der Waals surface area contributed by atoms with Gasteiger partial charge in [0.05, 0.1) is 13.0 Å². The third-order valence-corrected chi connectivity index (χ3v) is 4.40. The van der Waals surface area contributed by atoms with Gasteiger partial charge in [0.25, 0.3) is 0 Å². The van der Waals surface area contributed by atoms with Crippen LogP contribution in [0.15, 0.2) is 54.6 Å². The van der Waals surface area contributed by atoms with Gasteiger partial charge in [0.1, 0.15) is 11.8 Å². The third kappa shape index (κ3) is 2.77. The number of anilines is 1. The van der Waals surface area contributed by atoms with Crippen LogP contribution in [0.4, 0.5) is 5.69 Å². The first kappa shape index (κ1) is 16.5. The van der Waals surface area contributed by atoms with Crippen LogP contribution in [0.1, 0.15) is 11.5 Å². The molecule has 5 heteroatoms. The lowest BCUT2D eigenvalue weighted by atomic mass is 9.80. The van der Waals surface area contributed by atoms with E-state index in [0.717, 1.165) is 17.0 Å². The summed E-state index contributed by atoms with van der Waals surface area (Å²) in [5, 5.41) is 0. The molecule has 1 heterocycles. The molecule has 1 amide bonds. The molecule has 0 aromatic heterocycles. The summed E-state index contributed by atoms with van der Waals surface area (Å²) in [6, 6.07) is 16.9. The molecule has 1 saturated heterocycles. The number of hydrogen-bond donors (Lipinski definition) is 0. The van der Waals surface area contributed by atoms with E-state index in [4.69, 9.17) is 14.2 Å². The highest BCUT2D eigenvalue weighted by Gasteiger charge is 2.53. The molecule has 1 aliphatic heterocycles. The van der Waals surface area contributed by atoms with Crippen LogP contribution in [0.25, 0.3) is 0 Å². The van der Waals surface area contributed by atoms with Crippen LogP contribution < -0.4 is 9.64 Å². The van der Waals surface area contributed by atoms with Gasteiger partial charge in [-0.1, -0.05) is 30.3 Å². The van der Waals surface area contributed by atoms with Crippen molar-refractivity contribution in [2.45, 2.75) is 18.2 Å². The molecule has 0 bridgehead atoms. The van der Waals surface area contributed by atoms with Gasteiger partial charge in [0, 0.05) is 19.9 Å². The average molecular weight is 327 g/mol. The van der Waals surface area contributed by atoms with Crippen LogP contribution in [-0.4, -0.2) is 39.6 Å². The summed E-state index contributed by atoms with van der Waals surface area (Å²) in [6.07, 6.45) is -0.505. The van der Waals surface area contributed by atoms with E-state index in [2.05, 4.69) is 0 Å². The number of β-lactam (4-membered cyclic amide) rings is 1. The summed E-state index contributed by atoms with van der Waals surface area (Å²) in [5.41, 5.74) is 1.77. The SMILES string of the molecule is COc1ccc(N2C(=O)C(c3ccccc3)C2C(OC)OC)cc1. The van der Waals surface area contributed by atoms with Gasteiger partial charge in [-0.25, -0.2) is 0 Å². The van der Waals surface area contributed by atoms with Crippen LogP contribution in [0.2, 0.25) is 0 Å². The van der Waals surface area contributed by atoms with E-state index in [0.29, 0.717) is 0 Å². The Balaban J connectivity index is 1.94. The minimum atomic E-state index is -0.505. The first-order valence-electron chi connectivity index (χ1n) is 7.79. The number of amides is 1. The van der Waals surface area contributed by atoms with Crippen molar-refractivity contribution in [2.75, 3.05) is 26.2 Å². The number of benzene rings is 2. The Labute approximate surface area is 141 Å². The zero-order valence-corrected chi connectivity index (χ0v) is 14.0. The van der Waals surface area contributed by atoms with E-state index in [1.54, 1.807) is 26.2 Å². The molecule has 0 saturated carbocycles. The molecule has 0 aliphatic carbocycles. The lowest BCUT2D eigenvalue weighted by molar-refractivity contribution is -0.152. The number of hydrogen-bond acceptors (Lipinski definition) is 4. The molecule has 0 spiro atoms. The molecule has 2 atom stereocenters. The standard InChI is InChI=1S/C19H21NO4/c1-22-15-11-9-14(10-12-15)20-17(19(23-2)24-3)16(18(20)21)13-7-5-4-6-8-13/h4-12,16-17,19H,1-3H3. The third-order valence-electron chi connectivity index (χ3n) is 4.40. The molecule has 2 aromatic rings. The van der Waals surface area contributed by atoms with E-state index in [1.807, 2.05) is 54.6 Å². The van der Waals surface area contributed by atoms with Gasteiger partial charge in [0.15, 0.2) is 6.29 Å². The molecule has 1 fully saturated rings. The van der Waals surface area contributed by atoms with Crippen molar-refractivity contribution in [3.05, 3.63) is 60.2 Å². The molecule has 126 valence electrons. The summed E-state index contributed by atoms with van der Waals surface area (Å²) in [7, 11) is 4.79. The Morgan fingerprint density at radius 2 is 1.54 bits per heavy atom. The summed E-state index contributed by atoms with van der Waals surface area (Å²) in [4.78, 5) is 14.6. The lowest BCUT2D eigenvalue weighted by Crippen LogP contribution is -2.65. The van der Waals surface area contributed by atoms with Gasteiger partial charge in [-0.15, -0.1) is 0 Å². The maximum Gasteiger partial charge on any atom is 0.237 e. The number of carbonyl (C=O) groups excluding carboxylic acids is 1. The van der Waals surface area contributed by atoms with Crippen molar-refractivity contribution in [2.24, 2.45) is 0 Å². The van der Waals surface area contributed by atoms with Crippen molar-refractivity contribution >= 4 is 11.6 Å². The second-order valence-corrected chi connectivity index (χ2v) is 5.63. The van der Waals surface area contributed by atoms with Crippen molar-refractivity contribution in [3.63, 3.8) is 0 Å². The first-order chi connectivity index (χ1) is 11.7. The maximum absolute atomic E-state index is 12.8. The number of carbonyl (C=O) groups is 1. The summed E-state index contributed by atoms with van der Waals surface area (Å²) in [5.74, 6) is 0.506. The van der Waals surface area contributed by atoms with Gasteiger partial charge in [-0.2, -0.15) is 0 Å². The molecular weight excluding hydrogens is 306 g/mol. The highest BCUT2D eigenvalue weighted by atomic mass is 16.7. The highest BCUT2D eigenvalue weighted by Crippen LogP contribution is 2.42. The van der Waals surface area contributed by atoms with Gasteiger partial charge < -0.3 is 19.1 Å². The van der Waals surface area contributed by atoms with Crippen molar-refractivity contribution in [1.82, 2.24) is 0 Å². The quantitative estimate of drug-likeness (QED) is 0.605. The molecular formula is C19H21NO4. The summed E-state index contributed by atoms with van der Waals surface area (Å²) in [6.45, 7) is 0. The molecule has 0 N–H and O–H groups in total. The van der Waals surface area contributed by atoms with Crippen molar-refractivity contribution in [1.29, 1.82) is 0 Å². The van der Waals surface area contributed by atoms with Gasteiger partial charge >= 0.3 is 0 Å². The monoisotopic (exact) mass is 327 g/mol. The molecule has 1 aliphatic rings. The molecule has 5 nitrogen and oxygen atoms in total. The van der Waals surface area contributed by atoms with Crippen molar-refractivity contribution < 1.29 is 19.0 Å².